The summed E-state index contributed by atoms with van der Waals surface area (Å²) in [7, 11) is 1.46. The van der Waals surface area contributed by atoms with E-state index < -0.39 is 30.4 Å². The normalized spacial score (nSPS) is 11.5. The van der Waals surface area contributed by atoms with Gasteiger partial charge in [-0.15, -0.1) is 0 Å². The van der Waals surface area contributed by atoms with Crippen molar-refractivity contribution in [3.8, 4) is 11.4 Å². The van der Waals surface area contributed by atoms with E-state index >= 15 is 0 Å². The molecule has 3 aromatic rings. The lowest BCUT2D eigenvalue weighted by molar-refractivity contribution is -0.235. The number of carbonyl (C=O) groups is 2. The summed E-state index contributed by atoms with van der Waals surface area (Å²) in [5, 5.41) is 0.289. The van der Waals surface area contributed by atoms with Crippen LogP contribution in [0.3, 0.4) is 0 Å². The molecule has 35 heavy (non-hydrogen) atoms. The van der Waals surface area contributed by atoms with Crippen LogP contribution in [-0.2, 0) is 20.8 Å². The molecule has 0 spiro atoms. The second-order valence-electron chi connectivity index (χ2n) is 7.38. The number of methoxy groups -OCH3 is 1. The lowest BCUT2D eigenvalue weighted by Gasteiger charge is -2.20. The molecule has 0 aliphatic rings. The molecule has 2 aromatic carbocycles. The van der Waals surface area contributed by atoms with Gasteiger partial charge in [0.25, 0.3) is 5.91 Å². The molecule has 0 radical (unpaired) electrons. The van der Waals surface area contributed by atoms with Crippen LogP contribution in [0.2, 0.25) is 0 Å². The van der Waals surface area contributed by atoms with E-state index in [2.05, 4.69) is 9.82 Å². The first-order valence-electron chi connectivity index (χ1n) is 10.3. The third-order valence-electron chi connectivity index (χ3n) is 4.77. The van der Waals surface area contributed by atoms with Crippen LogP contribution in [0.4, 0.5) is 17.6 Å². The third-order valence-corrected chi connectivity index (χ3v) is 4.77. The summed E-state index contributed by atoms with van der Waals surface area (Å²) in [6.07, 6.45) is 0.362. The van der Waals surface area contributed by atoms with E-state index in [0.29, 0.717) is 22.6 Å². The number of hydroxylamine groups is 2. The van der Waals surface area contributed by atoms with Gasteiger partial charge in [0.05, 0.1) is 31.4 Å². The minimum Gasteiger partial charge on any atom is -0.495 e. The number of nitrogens with zero attached hydrogens (tertiary/aromatic N) is 3. The summed E-state index contributed by atoms with van der Waals surface area (Å²) in [6.45, 7) is 1.41. The molecule has 0 aliphatic heterocycles. The number of amides is 1. The molecule has 0 fully saturated rings. The molecule has 1 heterocycles. The quantitative estimate of drug-likeness (QED) is 0.278. The average molecular weight is 491 g/mol. The van der Waals surface area contributed by atoms with Gasteiger partial charge < -0.3 is 14.1 Å². The van der Waals surface area contributed by atoms with Gasteiger partial charge in [0.15, 0.2) is 0 Å². The number of aryl methyl sites for hydroxylation is 1. The van der Waals surface area contributed by atoms with E-state index in [-0.39, 0.29) is 11.5 Å². The van der Waals surface area contributed by atoms with Crippen molar-refractivity contribution in [2.24, 2.45) is 0 Å². The Morgan fingerprint density at radius 1 is 1.17 bits per heavy atom. The van der Waals surface area contributed by atoms with Crippen LogP contribution < -0.4 is 4.74 Å². The highest BCUT2D eigenvalue weighted by molar-refractivity contribution is 5.92. The van der Waals surface area contributed by atoms with Gasteiger partial charge in [0, 0.05) is 12.3 Å². The number of hydrogen-bond acceptors (Lipinski definition) is 5. The molecule has 0 saturated carbocycles. The molecule has 184 valence electrons. The van der Waals surface area contributed by atoms with Gasteiger partial charge in [0.2, 0.25) is 0 Å². The van der Waals surface area contributed by atoms with Crippen molar-refractivity contribution in [2.75, 3.05) is 13.7 Å². The number of benzene rings is 2. The molecular weight excluding hydrogens is 470 g/mol. The number of halogens is 4. The maximum Gasteiger partial charge on any atom is 0.493 e. The van der Waals surface area contributed by atoms with Crippen molar-refractivity contribution < 1.29 is 36.7 Å². The predicted octanol–water partition coefficient (Wildman–Crippen LogP) is 4.43. The highest BCUT2D eigenvalue weighted by Crippen LogP contribution is 2.25. The Balaban J connectivity index is 1.78. The summed E-state index contributed by atoms with van der Waals surface area (Å²) in [5.41, 5.74) is 2.40. The zero-order valence-corrected chi connectivity index (χ0v) is 18.8. The van der Waals surface area contributed by atoms with Gasteiger partial charge in [-0.2, -0.15) is 18.2 Å². The Kier molecular flexibility index (Phi) is 7.90. The number of alkyl halides is 3. The minimum atomic E-state index is -5.30. The predicted molar refractivity (Wildman–Crippen MR) is 118 cm³/mol. The first-order chi connectivity index (χ1) is 16.6. The lowest BCUT2D eigenvalue weighted by Crippen LogP contribution is -2.39. The fourth-order valence-electron chi connectivity index (χ4n) is 3.09. The number of hydrogen-bond donors (Lipinski definition) is 0. The van der Waals surface area contributed by atoms with Crippen molar-refractivity contribution in [3.05, 3.63) is 83.7 Å². The van der Waals surface area contributed by atoms with Crippen molar-refractivity contribution in [1.29, 1.82) is 0 Å². The Bertz CT molecular complexity index is 1240. The number of aromatic nitrogens is 2. The van der Waals surface area contributed by atoms with Crippen LogP contribution in [0, 0.1) is 12.7 Å². The van der Waals surface area contributed by atoms with Gasteiger partial charge in [-0.25, -0.2) is 14.2 Å². The molecule has 11 heteroatoms. The zero-order chi connectivity index (χ0) is 25.6. The van der Waals surface area contributed by atoms with E-state index in [1.54, 1.807) is 35.3 Å². The van der Waals surface area contributed by atoms with Crippen LogP contribution in [0.25, 0.3) is 11.8 Å². The van der Waals surface area contributed by atoms with Gasteiger partial charge >= 0.3 is 12.1 Å². The van der Waals surface area contributed by atoms with E-state index in [4.69, 9.17) is 4.74 Å². The second kappa shape index (κ2) is 10.9. The highest BCUT2D eigenvalue weighted by atomic mass is 19.4. The Labute approximate surface area is 198 Å². The van der Waals surface area contributed by atoms with Crippen molar-refractivity contribution in [2.45, 2.75) is 19.5 Å². The average Bonchev–Trinajstić information content (AvgIpc) is 3.25. The standard InChI is InChI=1S/C24H21F4N3O4/c1-16-14-30(15-29-16)20-8-6-18(13-21(20)34-2)7-9-22(32)31(35-23(33)24(26,27)28)11-10-17-4-3-5-19(25)12-17/h3-9,12-15H,10-11H2,1-2H3/b9-7+. The molecule has 7 nitrogen and oxygen atoms in total. The Hall–Kier alpha value is -4.15. The molecule has 0 atom stereocenters. The maximum atomic E-state index is 13.4. The summed E-state index contributed by atoms with van der Waals surface area (Å²) in [6, 6.07) is 10.3. The molecule has 0 saturated heterocycles. The Morgan fingerprint density at radius 3 is 2.57 bits per heavy atom. The van der Waals surface area contributed by atoms with Crippen LogP contribution in [0.5, 0.6) is 5.75 Å². The minimum absolute atomic E-state index is 0.0463. The largest absolute Gasteiger partial charge is 0.495 e. The van der Waals surface area contributed by atoms with Gasteiger partial charge in [-0.1, -0.05) is 18.2 Å². The molecule has 3 rings (SSSR count). The number of rotatable bonds is 7. The topological polar surface area (TPSA) is 73.7 Å². The number of carbonyl (C=O) groups excluding carboxylic acids is 2. The van der Waals surface area contributed by atoms with E-state index in [1.807, 2.05) is 6.92 Å². The number of ether oxygens (including phenoxy) is 1. The van der Waals surface area contributed by atoms with E-state index in [9.17, 15) is 27.2 Å². The summed E-state index contributed by atoms with van der Waals surface area (Å²) in [5.74, 6) is -3.63. The first-order valence-corrected chi connectivity index (χ1v) is 10.3. The molecule has 0 aliphatic carbocycles. The molecule has 0 N–H and O–H groups in total. The van der Waals surface area contributed by atoms with Gasteiger partial charge in [-0.05, 0) is 54.8 Å². The van der Waals surface area contributed by atoms with E-state index in [0.717, 1.165) is 11.8 Å². The van der Waals surface area contributed by atoms with Gasteiger partial charge in [0.1, 0.15) is 11.6 Å². The first kappa shape index (κ1) is 25.5. The van der Waals surface area contributed by atoms with Crippen LogP contribution in [0.15, 0.2) is 61.1 Å². The fourth-order valence-corrected chi connectivity index (χ4v) is 3.09. The van der Waals surface area contributed by atoms with Gasteiger partial charge in [-0.3, -0.25) is 4.79 Å². The smallest absolute Gasteiger partial charge is 0.493 e. The summed E-state index contributed by atoms with van der Waals surface area (Å²) in [4.78, 5) is 32.4. The Morgan fingerprint density at radius 2 is 1.94 bits per heavy atom. The molecule has 1 aromatic heterocycles. The molecule has 0 unspecified atom stereocenters. The molecular formula is C24H21F4N3O4. The van der Waals surface area contributed by atoms with Crippen molar-refractivity contribution in [3.63, 3.8) is 0 Å². The SMILES string of the molecule is COc1cc(/C=C/C(=O)N(CCc2cccc(F)c2)OC(=O)C(F)(F)F)ccc1-n1cnc(C)c1. The fraction of sp³-hybridized carbons (Fsp3) is 0.208. The summed E-state index contributed by atoms with van der Waals surface area (Å²) < 4.78 is 58.6. The molecule has 1 amide bonds. The van der Waals surface area contributed by atoms with Crippen molar-refractivity contribution >= 4 is 18.0 Å². The maximum absolute atomic E-state index is 13.4. The lowest BCUT2D eigenvalue weighted by atomic mass is 10.1. The van der Waals surface area contributed by atoms with E-state index in [1.165, 1.54) is 37.5 Å². The van der Waals surface area contributed by atoms with Crippen LogP contribution >= 0.6 is 0 Å². The van der Waals surface area contributed by atoms with Crippen molar-refractivity contribution in [1.82, 2.24) is 14.6 Å². The third kappa shape index (κ3) is 6.92. The second-order valence-corrected chi connectivity index (χ2v) is 7.38. The number of imidazole rings is 1. The zero-order valence-electron chi connectivity index (χ0n) is 18.8. The monoisotopic (exact) mass is 491 g/mol. The van der Waals surface area contributed by atoms with Crippen LogP contribution in [-0.4, -0.2) is 46.3 Å². The van der Waals surface area contributed by atoms with Crippen LogP contribution in [0.1, 0.15) is 16.8 Å². The highest BCUT2D eigenvalue weighted by Gasteiger charge is 2.43. The molecule has 0 bridgehead atoms. The summed E-state index contributed by atoms with van der Waals surface area (Å²) >= 11 is 0.